The molecule has 2 aliphatic rings. The number of amides is 1. The van der Waals surface area contributed by atoms with Crippen molar-refractivity contribution in [1.29, 1.82) is 0 Å². The lowest BCUT2D eigenvalue weighted by molar-refractivity contribution is -0.122. The molecule has 0 bridgehead atoms. The Balaban J connectivity index is 1.67. The Morgan fingerprint density at radius 1 is 1.31 bits per heavy atom. The summed E-state index contributed by atoms with van der Waals surface area (Å²) < 4.78 is 0. The van der Waals surface area contributed by atoms with Crippen LogP contribution in [0.2, 0.25) is 0 Å². The Hall–Kier alpha value is -0.680. The second kappa shape index (κ2) is 5.10. The fraction of sp³-hybridized carbons (Fsp3) is 0.818. The van der Waals surface area contributed by atoms with Crippen LogP contribution in [0.1, 0.15) is 25.7 Å². The van der Waals surface area contributed by atoms with E-state index in [0.717, 1.165) is 38.8 Å². The molecule has 0 aromatic carbocycles. The molecular weight excluding hydrogens is 222 g/mol. The maximum absolute atomic E-state index is 11.6. The minimum atomic E-state index is 0.163. The lowest BCUT2D eigenvalue weighted by Crippen LogP contribution is -2.43. The molecule has 0 atom stereocenters. The highest BCUT2D eigenvalue weighted by Gasteiger charge is 2.26. The fourth-order valence-electron chi connectivity index (χ4n) is 2.08. The third-order valence-corrected chi connectivity index (χ3v) is 3.63. The maximum atomic E-state index is 11.6. The zero-order valence-corrected chi connectivity index (χ0v) is 10.3. The van der Waals surface area contributed by atoms with Crippen molar-refractivity contribution in [2.75, 3.05) is 19.6 Å². The highest BCUT2D eigenvalue weighted by molar-refractivity contribution is 7.80. The molecule has 2 rings (SSSR count). The predicted octanol–water partition coefficient (Wildman–Crippen LogP) is 0.263. The molecule has 2 fully saturated rings. The molecular formula is C11H19N3OS. The first-order chi connectivity index (χ1) is 7.65. The molecule has 0 aromatic rings. The third-order valence-electron chi connectivity index (χ3n) is 3.30. The smallest absolute Gasteiger partial charge is 0.234 e. The Labute approximate surface area is 102 Å². The summed E-state index contributed by atoms with van der Waals surface area (Å²) in [5.74, 6) is 0.536. The Kier molecular flexibility index (Phi) is 3.76. The lowest BCUT2D eigenvalue weighted by atomic mass is 9.97. The highest BCUT2D eigenvalue weighted by Crippen LogP contribution is 2.19. The van der Waals surface area contributed by atoms with E-state index in [2.05, 4.69) is 10.2 Å². The maximum Gasteiger partial charge on any atom is 0.234 e. The minimum Gasteiger partial charge on any atom is -0.393 e. The highest BCUT2D eigenvalue weighted by atomic mass is 32.1. The topological polar surface area (TPSA) is 58.4 Å². The summed E-state index contributed by atoms with van der Waals surface area (Å²) in [6, 6.07) is 0.460. The van der Waals surface area contributed by atoms with Crippen molar-refractivity contribution >= 4 is 23.1 Å². The molecule has 1 aliphatic carbocycles. The molecule has 3 N–H and O–H groups in total. The summed E-state index contributed by atoms with van der Waals surface area (Å²) in [5.41, 5.74) is 5.62. The SMILES string of the molecule is NC(=S)C1CCN(CC(=O)NC2CC2)CC1. The average molecular weight is 241 g/mol. The van der Waals surface area contributed by atoms with Crippen LogP contribution < -0.4 is 11.1 Å². The van der Waals surface area contributed by atoms with Crippen molar-refractivity contribution in [1.82, 2.24) is 10.2 Å². The number of nitrogens with two attached hydrogens (primary N) is 1. The first kappa shape index (κ1) is 11.8. The van der Waals surface area contributed by atoms with Crippen LogP contribution in [0.5, 0.6) is 0 Å². The number of piperidine rings is 1. The van der Waals surface area contributed by atoms with Gasteiger partial charge in [-0.1, -0.05) is 12.2 Å². The van der Waals surface area contributed by atoms with E-state index < -0.39 is 0 Å². The van der Waals surface area contributed by atoms with Crippen molar-refractivity contribution in [3.8, 4) is 0 Å². The number of rotatable bonds is 4. The molecule has 5 heteroatoms. The van der Waals surface area contributed by atoms with Crippen LogP contribution in [0.15, 0.2) is 0 Å². The van der Waals surface area contributed by atoms with E-state index in [-0.39, 0.29) is 5.91 Å². The number of nitrogens with zero attached hydrogens (tertiary/aromatic N) is 1. The molecule has 1 heterocycles. The van der Waals surface area contributed by atoms with Crippen LogP contribution in [0, 0.1) is 5.92 Å². The summed E-state index contributed by atoms with van der Waals surface area (Å²) in [6.45, 7) is 2.39. The summed E-state index contributed by atoms with van der Waals surface area (Å²) in [4.78, 5) is 14.4. The number of thiocarbonyl (C=S) groups is 1. The van der Waals surface area contributed by atoms with Gasteiger partial charge in [0.1, 0.15) is 0 Å². The number of hydrogen-bond donors (Lipinski definition) is 2. The van der Waals surface area contributed by atoms with Crippen LogP contribution in [0.4, 0.5) is 0 Å². The third kappa shape index (κ3) is 3.42. The van der Waals surface area contributed by atoms with E-state index in [1.807, 2.05) is 0 Å². The van der Waals surface area contributed by atoms with Gasteiger partial charge in [0.2, 0.25) is 5.91 Å². The van der Waals surface area contributed by atoms with Crippen LogP contribution in [-0.2, 0) is 4.79 Å². The molecule has 0 unspecified atom stereocenters. The van der Waals surface area contributed by atoms with Crippen LogP contribution in [-0.4, -0.2) is 41.5 Å². The summed E-state index contributed by atoms with van der Waals surface area (Å²) in [6.07, 6.45) is 4.28. The normalized spacial score (nSPS) is 23.0. The van der Waals surface area contributed by atoms with Gasteiger partial charge in [0.25, 0.3) is 0 Å². The molecule has 0 aromatic heterocycles. The average Bonchev–Trinajstić information content (AvgIpc) is 3.02. The van der Waals surface area contributed by atoms with E-state index in [1.54, 1.807) is 0 Å². The number of hydrogen-bond acceptors (Lipinski definition) is 3. The van der Waals surface area contributed by atoms with Gasteiger partial charge in [-0.25, -0.2) is 0 Å². The van der Waals surface area contributed by atoms with Crippen LogP contribution >= 0.6 is 12.2 Å². The molecule has 16 heavy (non-hydrogen) atoms. The molecule has 0 radical (unpaired) electrons. The second-order valence-corrected chi connectivity index (χ2v) is 5.27. The van der Waals surface area contributed by atoms with Gasteiger partial charge in [-0.3, -0.25) is 9.69 Å². The van der Waals surface area contributed by atoms with Crippen molar-refractivity contribution in [2.24, 2.45) is 11.7 Å². The first-order valence-electron chi connectivity index (χ1n) is 5.96. The van der Waals surface area contributed by atoms with E-state index in [1.165, 1.54) is 0 Å². The molecule has 4 nitrogen and oxygen atoms in total. The standard InChI is InChI=1S/C11H19N3OS/c12-11(16)8-3-5-14(6-4-8)7-10(15)13-9-1-2-9/h8-9H,1-7H2,(H2,12,16)(H,13,15). The Morgan fingerprint density at radius 3 is 2.44 bits per heavy atom. The van der Waals surface area contributed by atoms with Crippen molar-refractivity contribution in [3.05, 3.63) is 0 Å². The molecule has 0 spiro atoms. The Morgan fingerprint density at radius 2 is 1.94 bits per heavy atom. The lowest BCUT2D eigenvalue weighted by Gasteiger charge is -2.30. The van der Waals surface area contributed by atoms with E-state index in [4.69, 9.17) is 18.0 Å². The van der Waals surface area contributed by atoms with E-state index in [0.29, 0.717) is 23.5 Å². The first-order valence-corrected chi connectivity index (χ1v) is 6.37. The van der Waals surface area contributed by atoms with E-state index >= 15 is 0 Å². The molecule has 90 valence electrons. The van der Waals surface area contributed by atoms with Gasteiger partial charge in [-0.2, -0.15) is 0 Å². The fourth-order valence-corrected chi connectivity index (χ4v) is 2.32. The van der Waals surface area contributed by atoms with Crippen molar-refractivity contribution in [3.63, 3.8) is 0 Å². The van der Waals surface area contributed by atoms with Gasteiger partial charge in [-0.15, -0.1) is 0 Å². The summed E-state index contributed by atoms with van der Waals surface area (Å²) >= 11 is 4.99. The van der Waals surface area contributed by atoms with Gasteiger partial charge in [0.05, 0.1) is 11.5 Å². The zero-order chi connectivity index (χ0) is 11.5. The van der Waals surface area contributed by atoms with Gasteiger partial charge in [-0.05, 0) is 38.8 Å². The second-order valence-electron chi connectivity index (χ2n) is 4.79. The molecule has 1 saturated heterocycles. The summed E-state index contributed by atoms with van der Waals surface area (Å²) in [5, 5.41) is 3.00. The van der Waals surface area contributed by atoms with E-state index in [9.17, 15) is 4.79 Å². The number of likely N-dealkylation sites (tertiary alicyclic amines) is 1. The molecule has 1 saturated carbocycles. The van der Waals surface area contributed by atoms with Gasteiger partial charge >= 0.3 is 0 Å². The van der Waals surface area contributed by atoms with Crippen LogP contribution in [0.25, 0.3) is 0 Å². The number of carbonyl (C=O) groups excluding carboxylic acids is 1. The monoisotopic (exact) mass is 241 g/mol. The van der Waals surface area contributed by atoms with Gasteiger partial charge in [0.15, 0.2) is 0 Å². The molecule has 1 aliphatic heterocycles. The molecule has 1 amide bonds. The Bertz CT molecular complexity index is 283. The van der Waals surface area contributed by atoms with Gasteiger partial charge in [0, 0.05) is 12.0 Å². The van der Waals surface area contributed by atoms with Crippen molar-refractivity contribution in [2.45, 2.75) is 31.7 Å². The number of carbonyl (C=O) groups is 1. The quantitative estimate of drug-likeness (QED) is 0.693. The minimum absolute atomic E-state index is 0.163. The predicted molar refractivity (Wildman–Crippen MR) is 67.1 cm³/mol. The van der Waals surface area contributed by atoms with Crippen molar-refractivity contribution < 1.29 is 4.79 Å². The zero-order valence-electron chi connectivity index (χ0n) is 9.45. The number of nitrogens with one attached hydrogen (secondary N) is 1. The largest absolute Gasteiger partial charge is 0.393 e. The van der Waals surface area contributed by atoms with Gasteiger partial charge < -0.3 is 11.1 Å². The van der Waals surface area contributed by atoms with Crippen LogP contribution in [0.3, 0.4) is 0 Å². The summed E-state index contributed by atoms with van der Waals surface area (Å²) in [7, 11) is 0.